The molecule has 1 rings (SSSR count). The van der Waals surface area contributed by atoms with Crippen LogP contribution in [0.4, 0.5) is 0 Å². The highest BCUT2D eigenvalue weighted by atomic mass is 16.3. The van der Waals surface area contributed by atoms with Gasteiger partial charge >= 0.3 is 0 Å². The number of aliphatic hydroxyl groups excluding tert-OH is 1. The summed E-state index contributed by atoms with van der Waals surface area (Å²) >= 11 is 0. The maximum Gasteiger partial charge on any atom is 0.122 e. The SMILES string of the molecule is CC(C)(O)CCCC(C)(O)c1ccc(CO)cc1O. The Kier molecular flexibility index (Phi) is 4.96. The summed E-state index contributed by atoms with van der Waals surface area (Å²) in [6.45, 7) is 4.96. The molecule has 0 bridgehead atoms. The molecule has 4 nitrogen and oxygen atoms in total. The van der Waals surface area contributed by atoms with Crippen LogP contribution in [0.1, 0.15) is 51.2 Å². The van der Waals surface area contributed by atoms with E-state index in [1.807, 2.05) is 0 Å². The smallest absolute Gasteiger partial charge is 0.122 e. The van der Waals surface area contributed by atoms with Gasteiger partial charge < -0.3 is 20.4 Å². The first-order valence-electron chi connectivity index (χ1n) is 6.54. The second-order valence-electron chi connectivity index (χ2n) is 5.95. The normalized spacial score (nSPS) is 15.3. The number of benzene rings is 1. The van der Waals surface area contributed by atoms with Gasteiger partial charge in [0.25, 0.3) is 0 Å². The van der Waals surface area contributed by atoms with Crippen molar-refractivity contribution >= 4 is 0 Å². The Morgan fingerprint density at radius 3 is 2.16 bits per heavy atom. The molecule has 1 aromatic carbocycles. The van der Waals surface area contributed by atoms with Crippen LogP contribution in [0.15, 0.2) is 18.2 Å². The molecule has 108 valence electrons. The van der Waals surface area contributed by atoms with Crippen molar-refractivity contribution < 1.29 is 20.4 Å². The van der Waals surface area contributed by atoms with Crippen LogP contribution in [0, 0.1) is 0 Å². The summed E-state index contributed by atoms with van der Waals surface area (Å²) < 4.78 is 0. The third kappa shape index (κ3) is 4.82. The number of phenols is 1. The van der Waals surface area contributed by atoms with Crippen LogP contribution in [0.5, 0.6) is 5.75 Å². The van der Waals surface area contributed by atoms with Crippen molar-refractivity contribution in [3.8, 4) is 5.75 Å². The van der Waals surface area contributed by atoms with Crippen molar-refractivity contribution in [1.82, 2.24) is 0 Å². The summed E-state index contributed by atoms with van der Waals surface area (Å²) in [5.74, 6) is -0.0141. The molecule has 1 aromatic rings. The highest BCUT2D eigenvalue weighted by molar-refractivity contribution is 5.39. The van der Waals surface area contributed by atoms with Crippen LogP contribution in [0.2, 0.25) is 0 Å². The highest BCUT2D eigenvalue weighted by Gasteiger charge is 2.27. The van der Waals surface area contributed by atoms with E-state index in [0.29, 0.717) is 30.4 Å². The fourth-order valence-corrected chi connectivity index (χ4v) is 2.13. The second kappa shape index (κ2) is 5.90. The van der Waals surface area contributed by atoms with Gasteiger partial charge in [0.15, 0.2) is 0 Å². The van der Waals surface area contributed by atoms with Gasteiger partial charge in [0, 0.05) is 5.56 Å². The Hall–Kier alpha value is -1.10. The lowest BCUT2D eigenvalue weighted by Crippen LogP contribution is -2.24. The van der Waals surface area contributed by atoms with Crippen LogP contribution in [-0.2, 0) is 12.2 Å². The second-order valence-corrected chi connectivity index (χ2v) is 5.95. The first-order valence-corrected chi connectivity index (χ1v) is 6.54. The molecule has 19 heavy (non-hydrogen) atoms. The monoisotopic (exact) mass is 268 g/mol. The molecule has 0 fully saturated rings. The lowest BCUT2D eigenvalue weighted by molar-refractivity contribution is 0.0256. The van der Waals surface area contributed by atoms with Crippen molar-refractivity contribution in [2.24, 2.45) is 0 Å². The van der Waals surface area contributed by atoms with E-state index in [2.05, 4.69) is 0 Å². The molecule has 4 N–H and O–H groups in total. The van der Waals surface area contributed by atoms with E-state index >= 15 is 0 Å². The molecule has 0 heterocycles. The van der Waals surface area contributed by atoms with Crippen molar-refractivity contribution in [3.63, 3.8) is 0 Å². The van der Waals surface area contributed by atoms with Gasteiger partial charge in [-0.15, -0.1) is 0 Å². The summed E-state index contributed by atoms with van der Waals surface area (Å²) in [4.78, 5) is 0. The van der Waals surface area contributed by atoms with Crippen LogP contribution in [0.3, 0.4) is 0 Å². The molecule has 0 amide bonds. The van der Waals surface area contributed by atoms with Crippen LogP contribution in [0.25, 0.3) is 0 Å². The van der Waals surface area contributed by atoms with Gasteiger partial charge in [0.1, 0.15) is 5.75 Å². The Balaban J connectivity index is 2.76. The molecule has 0 aliphatic heterocycles. The standard InChI is InChI=1S/C15H24O4/c1-14(2,18)7-4-8-15(3,19)12-6-5-11(10-16)9-13(12)17/h5-6,9,16-19H,4,7-8,10H2,1-3H3. The van der Waals surface area contributed by atoms with Gasteiger partial charge in [-0.1, -0.05) is 12.1 Å². The number of aromatic hydroxyl groups is 1. The Morgan fingerprint density at radius 2 is 1.68 bits per heavy atom. The zero-order valence-corrected chi connectivity index (χ0v) is 11.8. The third-order valence-electron chi connectivity index (χ3n) is 3.28. The Labute approximate surface area is 114 Å². The summed E-state index contributed by atoms with van der Waals surface area (Å²) in [7, 11) is 0. The zero-order valence-electron chi connectivity index (χ0n) is 11.8. The average molecular weight is 268 g/mol. The van der Waals surface area contributed by atoms with Crippen molar-refractivity contribution in [2.45, 2.75) is 57.8 Å². The first-order chi connectivity index (χ1) is 8.65. The van der Waals surface area contributed by atoms with Gasteiger partial charge in [-0.2, -0.15) is 0 Å². The minimum absolute atomic E-state index is 0.0141. The highest BCUT2D eigenvalue weighted by Crippen LogP contribution is 2.34. The van der Waals surface area contributed by atoms with E-state index in [9.17, 15) is 15.3 Å². The summed E-state index contributed by atoms with van der Waals surface area (Å²) in [5, 5.41) is 39.0. The van der Waals surface area contributed by atoms with E-state index in [4.69, 9.17) is 5.11 Å². The fraction of sp³-hybridized carbons (Fsp3) is 0.600. The molecule has 0 spiro atoms. The summed E-state index contributed by atoms with van der Waals surface area (Å²) in [5.41, 5.74) is -0.851. The molecular weight excluding hydrogens is 244 g/mol. The van der Waals surface area contributed by atoms with Gasteiger partial charge in [-0.3, -0.25) is 0 Å². The molecule has 0 aliphatic carbocycles. The molecule has 4 heteroatoms. The maximum atomic E-state index is 10.4. The third-order valence-corrected chi connectivity index (χ3v) is 3.28. The predicted molar refractivity (Wildman–Crippen MR) is 73.7 cm³/mol. The summed E-state index contributed by atoms with van der Waals surface area (Å²) in [6.07, 6.45) is 1.68. The van der Waals surface area contributed by atoms with Gasteiger partial charge in [-0.25, -0.2) is 0 Å². The largest absolute Gasteiger partial charge is 0.508 e. The van der Waals surface area contributed by atoms with Gasteiger partial charge in [0.2, 0.25) is 0 Å². The number of hydrogen-bond acceptors (Lipinski definition) is 4. The quantitative estimate of drug-likeness (QED) is 0.636. The molecule has 0 aliphatic rings. The molecular formula is C15H24O4. The Bertz CT molecular complexity index is 419. The molecule has 0 aromatic heterocycles. The minimum Gasteiger partial charge on any atom is -0.508 e. The zero-order chi connectivity index (χ0) is 14.7. The first kappa shape index (κ1) is 16.0. The van der Waals surface area contributed by atoms with Gasteiger partial charge in [-0.05, 0) is 51.7 Å². The van der Waals surface area contributed by atoms with E-state index in [0.717, 1.165) is 0 Å². The van der Waals surface area contributed by atoms with Crippen LogP contribution < -0.4 is 0 Å². The van der Waals surface area contributed by atoms with Crippen LogP contribution in [-0.4, -0.2) is 26.0 Å². The number of rotatable bonds is 6. The van der Waals surface area contributed by atoms with Crippen molar-refractivity contribution in [2.75, 3.05) is 0 Å². The van der Waals surface area contributed by atoms with Crippen molar-refractivity contribution in [1.29, 1.82) is 0 Å². The lowest BCUT2D eigenvalue weighted by Gasteiger charge is -2.26. The molecule has 0 radical (unpaired) electrons. The molecule has 0 saturated heterocycles. The van der Waals surface area contributed by atoms with Gasteiger partial charge in [0.05, 0.1) is 17.8 Å². The molecule has 0 saturated carbocycles. The van der Waals surface area contributed by atoms with E-state index in [1.165, 1.54) is 6.07 Å². The number of phenolic OH excluding ortho intramolecular Hbond substituents is 1. The average Bonchev–Trinajstić information content (AvgIpc) is 2.26. The van der Waals surface area contributed by atoms with E-state index < -0.39 is 11.2 Å². The van der Waals surface area contributed by atoms with E-state index in [1.54, 1.807) is 32.9 Å². The fourth-order valence-electron chi connectivity index (χ4n) is 2.13. The summed E-state index contributed by atoms with van der Waals surface area (Å²) in [6, 6.07) is 4.77. The Morgan fingerprint density at radius 1 is 1.05 bits per heavy atom. The van der Waals surface area contributed by atoms with Crippen molar-refractivity contribution in [3.05, 3.63) is 29.3 Å². The van der Waals surface area contributed by atoms with Crippen LogP contribution >= 0.6 is 0 Å². The molecule has 1 unspecified atom stereocenters. The predicted octanol–water partition coefficient (Wildman–Crippen LogP) is 2.03. The number of aliphatic hydroxyl groups is 3. The topological polar surface area (TPSA) is 80.9 Å². The number of hydrogen-bond donors (Lipinski definition) is 4. The van der Waals surface area contributed by atoms with E-state index in [-0.39, 0.29) is 12.4 Å². The maximum absolute atomic E-state index is 10.4. The lowest BCUT2D eigenvalue weighted by atomic mass is 9.87. The molecule has 1 atom stereocenters. The minimum atomic E-state index is -1.15.